The summed E-state index contributed by atoms with van der Waals surface area (Å²) in [7, 11) is 9.61. The van der Waals surface area contributed by atoms with Crippen molar-refractivity contribution in [2.24, 2.45) is 0 Å². The van der Waals surface area contributed by atoms with Gasteiger partial charge in [-0.05, 0) is 36.8 Å². The Morgan fingerprint density at radius 3 is 0.851 bits per heavy atom. The van der Waals surface area contributed by atoms with Crippen LogP contribution in [0.15, 0.2) is 48.5 Å². The molecular weight excluding hydrogens is 592 g/mol. The standard InChI is InChI=1S/C44H78N2.ClH/c1-7-9-11-13-15-17-19-21-23-25-27-41-29-33-43(34-30-41)39-45(3,4)37-38-46(5,6)40-44-35-31-42(32-36-44)28-26-24-22-20-18-16-14-12-10-8-2;/h29-36H,7-28,37-40H2,1-6H3;1H/q+2;/p-1. The number of hydrogen-bond donors (Lipinski definition) is 0. The summed E-state index contributed by atoms with van der Waals surface area (Å²) in [5, 5.41) is 0. The lowest BCUT2D eigenvalue weighted by Crippen LogP contribution is -3.00. The van der Waals surface area contributed by atoms with E-state index in [4.69, 9.17) is 0 Å². The van der Waals surface area contributed by atoms with Crippen molar-refractivity contribution in [1.29, 1.82) is 0 Å². The van der Waals surface area contributed by atoms with Crippen molar-refractivity contribution >= 4 is 0 Å². The van der Waals surface area contributed by atoms with Crippen LogP contribution < -0.4 is 12.4 Å². The van der Waals surface area contributed by atoms with Crippen LogP contribution in [0.1, 0.15) is 165 Å². The number of hydrogen-bond acceptors (Lipinski definition) is 0. The number of rotatable bonds is 29. The summed E-state index contributed by atoms with van der Waals surface area (Å²) in [5.74, 6) is 0. The average molecular weight is 671 g/mol. The second kappa shape index (κ2) is 26.5. The maximum absolute atomic E-state index is 2.40. The molecule has 0 aliphatic heterocycles. The third-order valence-electron chi connectivity index (χ3n) is 10.2. The van der Waals surface area contributed by atoms with Crippen molar-refractivity contribution in [3.05, 3.63) is 70.8 Å². The minimum absolute atomic E-state index is 0. The van der Waals surface area contributed by atoms with Crippen LogP contribution in [0, 0.1) is 0 Å². The van der Waals surface area contributed by atoms with Crippen molar-refractivity contribution in [3.8, 4) is 0 Å². The predicted octanol–water partition coefficient (Wildman–Crippen LogP) is 9.47. The Hall–Kier alpha value is -1.35. The molecule has 0 bridgehead atoms. The predicted molar refractivity (Wildman–Crippen MR) is 205 cm³/mol. The molecule has 0 radical (unpaired) electrons. The zero-order chi connectivity index (χ0) is 33.4. The minimum Gasteiger partial charge on any atom is -1.00 e. The Kier molecular flexibility index (Phi) is 24.6. The lowest BCUT2D eigenvalue weighted by molar-refractivity contribution is -0.958. The van der Waals surface area contributed by atoms with Gasteiger partial charge < -0.3 is 21.4 Å². The maximum Gasteiger partial charge on any atom is 0.128 e. The zero-order valence-corrected chi connectivity index (χ0v) is 33.0. The zero-order valence-electron chi connectivity index (χ0n) is 32.3. The molecular formula is C44H78ClN2+. The van der Waals surface area contributed by atoms with Crippen molar-refractivity contribution in [3.63, 3.8) is 0 Å². The third-order valence-corrected chi connectivity index (χ3v) is 10.2. The van der Waals surface area contributed by atoms with Gasteiger partial charge in [-0.2, -0.15) is 0 Å². The molecule has 0 saturated heterocycles. The fourth-order valence-electron chi connectivity index (χ4n) is 6.94. The van der Waals surface area contributed by atoms with E-state index in [1.165, 1.54) is 177 Å². The van der Waals surface area contributed by atoms with Gasteiger partial charge in [-0.15, -0.1) is 0 Å². The number of benzene rings is 2. The topological polar surface area (TPSA) is 0 Å². The first-order valence-corrected chi connectivity index (χ1v) is 20.0. The highest BCUT2D eigenvalue weighted by molar-refractivity contribution is 5.23. The van der Waals surface area contributed by atoms with Gasteiger partial charge in [0.05, 0.1) is 28.2 Å². The van der Waals surface area contributed by atoms with Crippen molar-refractivity contribution in [2.45, 2.75) is 168 Å². The second-order valence-corrected chi connectivity index (χ2v) is 16.1. The lowest BCUT2D eigenvalue weighted by Gasteiger charge is -2.36. The molecule has 47 heavy (non-hydrogen) atoms. The van der Waals surface area contributed by atoms with Crippen molar-refractivity contribution < 1.29 is 21.4 Å². The SMILES string of the molecule is CCCCCCCCCCCCc1ccc(C[N+](C)(C)CC[N+](C)(C)Cc2ccc(CCCCCCCCCCCC)cc2)cc1.[Cl-]. The molecule has 2 nitrogen and oxygen atoms in total. The Bertz CT molecular complexity index is 897. The molecule has 0 aromatic heterocycles. The smallest absolute Gasteiger partial charge is 0.128 e. The number of unbranched alkanes of at least 4 members (excludes halogenated alkanes) is 18. The van der Waals surface area contributed by atoms with Gasteiger partial charge in [0.2, 0.25) is 0 Å². The van der Waals surface area contributed by atoms with E-state index in [2.05, 4.69) is 90.6 Å². The van der Waals surface area contributed by atoms with E-state index in [-0.39, 0.29) is 12.4 Å². The van der Waals surface area contributed by atoms with Crippen LogP contribution in [0.3, 0.4) is 0 Å². The van der Waals surface area contributed by atoms with Crippen molar-refractivity contribution in [2.75, 3.05) is 41.3 Å². The van der Waals surface area contributed by atoms with Crippen LogP contribution in [0.25, 0.3) is 0 Å². The van der Waals surface area contributed by atoms with Crippen LogP contribution in [0.2, 0.25) is 0 Å². The van der Waals surface area contributed by atoms with Gasteiger partial charge in [-0.25, -0.2) is 0 Å². The van der Waals surface area contributed by atoms with E-state index in [0.717, 1.165) is 22.1 Å². The molecule has 0 N–H and O–H groups in total. The van der Waals surface area contributed by atoms with Gasteiger partial charge in [0.15, 0.2) is 0 Å². The van der Waals surface area contributed by atoms with E-state index >= 15 is 0 Å². The molecule has 270 valence electrons. The molecule has 2 aromatic rings. The Labute approximate surface area is 300 Å². The van der Waals surface area contributed by atoms with E-state index in [1.807, 2.05) is 0 Å². The molecule has 0 atom stereocenters. The fraction of sp³-hybridized carbons (Fsp3) is 0.727. The lowest BCUT2D eigenvalue weighted by atomic mass is 10.0. The van der Waals surface area contributed by atoms with E-state index in [1.54, 1.807) is 0 Å². The molecule has 0 amide bonds. The summed E-state index contributed by atoms with van der Waals surface area (Å²) >= 11 is 0. The second-order valence-electron chi connectivity index (χ2n) is 16.1. The summed E-state index contributed by atoms with van der Waals surface area (Å²) in [6.45, 7) is 9.18. The van der Waals surface area contributed by atoms with Gasteiger partial charge in [-0.3, -0.25) is 0 Å². The maximum atomic E-state index is 2.40. The monoisotopic (exact) mass is 670 g/mol. The van der Waals surface area contributed by atoms with Gasteiger partial charge in [0, 0.05) is 11.1 Å². The van der Waals surface area contributed by atoms with Gasteiger partial charge in [0.25, 0.3) is 0 Å². The van der Waals surface area contributed by atoms with Crippen LogP contribution in [-0.2, 0) is 25.9 Å². The molecule has 0 aliphatic carbocycles. The van der Waals surface area contributed by atoms with Gasteiger partial charge >= 0.3 is 0 Å². The Morgan fingerprint density at radius 2 is 0.574 bits per heavy atom. The van der Waals surface area contributed by atoms with Gasteiger partial charge in [0.1, 0.15) is 26.2 Å². The summed E-state index contributed by atoms with van der Waals surface area (Å²) in [6, 6.07) is 19.1. The average Bonchev–Trinajstić information content (AvgIpc) is 3.03. The van der Waals surface area contributed by atoms with E-state index < -0.39 is 0 Å². The summed E-state index contributed by atoms with van der Waals surface area (Å²) < 4.78 is 2.08. The van der Waals surface area contributed by atoms with Gasteiger partial charge in [-0.1, -0.05) is 178 Å². The quantitative estimate of drug-likeness (QED) is 0.0598. The van der Waals surface area contributed by atoms with Crippen LogP contribution >= 0.6 is 0 Å². The number of quaternary nitrogens is 2. The summed E-state index contributed by atoms with van der Waals surface area (Å²) in [4.78, 5) is 0. The molecule has 2 rings (SSSR count). The van der Waals surface area contributed by atoms with E-state index in [0.29, 0.717) is 0 Å². The highest BCUT2D eigenvalue weighted by atomic mass is 35.5. The fourth-order valence-corrected chi connectivity index (χ4v) is 6.94. The minimum atomic E-state index is 0. The molecule has 0 unspecified atom stereocenters. The number of aryl methyl sites for hydroxylation is 2. The Balaban J connectivity index is 0.0000110. The molecule has 0 saturated carbocycles. The molecule has 0 fully saturated rings. The highest BCUT2D eigenvalue weighted by Crippen LogP contribution is 2.18. The number of halogens is 1. The molecule has 0 heterocycles. The first-order valence-electron chi connectivity index (χ1n) is 20.0. The first kappa shape index (κ1) is 43.7. The highest BCUT2D eigenvalue weighted by Gasteiger charge is 2.23. The largest absolute Gasteiger partial charge is 1.00 e. The number of nitrogens with zero attached hydrogens (tertiary/aromatic N) is 2. The third kappa shape index (κ3) is 22.8. The Morgan fingerprint density at radius 1 is 0.340 bits per heavy atom. The molecule has 3 heteroatoms. The normalized spacial score (nSPS) is 12.0. The van der Waals surface area contributed by atoms with Crippen LogP contribution in [0.4, 0.5) is 0 Å². The summed E-state index contributed by atoms with van der Waals surface area (Å²) in [5.41, 5.74) is 5.97. The van der Waals surface area contributed by atoms with E-state index in [9.17, 15) is 0 Å². The molecule has 2 aromatic carbocycles. The number of likely N-dealkylation sites (N-methyl/N-ethyl adjacent to an activating group) is 2. The molecule has 0 aliphatic rings. The van der Waals surface area contributed by atoms with Crippen LogP contribution in [-0.4, -0.2) is 50.2 Å². The first-order chi connectivity index (χ1) is 22.2. The molecule has 0 spiro atoms. The van der Waals surface area contributed by atoms with Crippen molar-refractivity contribution in [1.82, 2.24) is 0 Å². The summed E-state index contributed by atoms with van der Waals surface area (Å²) in [6.07, 6.45) is 30.7. The van der Waals surface area contributed by atoms with Crippen LogP contribution in [0.5, 0.6) is 0 Å².